The van der Waals surface area contributed by atoms with E-state index < -0.39 is 24.4 Å². The summed E-state index contributed by atoms with van der Waals surface area (Å²) in [6.07, 6.45) is 45.1. The van der Waals surface area contributed by atoms with Gasteiger partial charge in [0.25, 0.3) is 0 Å². The number of esters is 1. The highest BCUT2D eigenvalue weighted by atomic mass is 16.5. The van der Waals surface area contributed by atoms with E-state index in [0.717, 1.165) is 38.5 Å². The Morgan fingerprint density at radius 3 is 1.02 bits per heavy atom. The molecule has 0 aromatic rings. The number of carbonyl (C=O) groups excluding carboxylic acids is 2. The SMILES string of the molecule is CCCCCCCCCCCCCCCCCCCCCCOC(=O)[C@H](CC(=O)O)NC(=O)CCCCCCCCCCCCCCCCC. The van der Waals surface area contributed by atoms with E-state index in [4.69, 9.17) is 4.74 Å². The van der Waals surface area contributed by atoms with Gasteiger partial charge in [-0.05, 0) is 12.8 Å². The van der Waals surface area contributed by atoms with Crippen molar-refractivity contribution in [2.24, 2.45) is 0 Å². The Kier molecular flexibility index (Phi) is 38.9. The summed E-state index contributed by atoms with van der Waals surface area (Å²) in [6.45, 7) is 4.83. The number of hydrogen-bond donors (Lipinski definition) is 2. The Balaban J connectivity index is 3.65. The van der Waals surface area contributed by atoms with Crippen LogP contribution in [0.25, 0.3) is 0 Å². The summed E-state index contributed by atoms with van der Waals surface area (Å²) in [5, 5.41) is 11.9. The number of amides is 1. The number of carboxylic acid groups (broad SMARTS) is 1. The standard InChI is InChI=1S/C44H85NO5/c1-3-5-7-9-11-13-15-17-19-20-21-22-23-25-27-29-31-33-35-37-39-50-44(49)41(40-43(47)48)45-42(46)38-36-34-32-30-28-26-24-18-16-14-12-10-8-6-4-2/h41H,3-40H2,1-2H3,(H,45,46)(H,47,48)/t41-/m0/s1. The van der Waals surface area contributed by atoms with Crippen LogP contribution in [-0.4, -0.2) is 35.6 Å². The summed E-state index contributed by atoms with van der Waals surface area (Å²) < 4.78 is 5.36. The average Bonchev–Trinajstić information content (AvgIpc) is 3.10. The molecule has 0 unspecified atom stereocenters. The fourth-order valence-corrected chi connectivity index (χ4v) is 6.92. The van der Waals surface area contributed by atoms with Crippen molar-refractivity contribution in [3.05, 3.63) is 0 Å². The molecule has 1 atom stereocenters. The lowest BCUT2D eigenvalue weighted by molar-refractivity contribution is -0.151. The number of rotatable bonds is 41. The maximum absolute atomic E-state index is 12.5. The predicted molar refractivity (Wildman–Crippen MR) is 213 cm³/mol. The summed E-state index contributed by atoms with van der Waals surface area (Å²) in [5.41, 5.74) is 0. The second kappa shape index (κ2) is 40.2. The minimum atomic E-state index is -1.11. The van der Waals surface area contributed by atoms with Crippen LogP contribution in [0.1, 0.15) is 251 Å². The van der Waals surface area contributed by atoms with E-state index in [1.807, 2.05) is 0 Å². The number of unbranched alkanes of at least 4 members (excludes halogenated alkanes) is 33. The third-order valence-corrected chi connectivity index (χ3v) is 10.2. The van der Waals surface area contributed by atoms with Crippen molar-refractivity contribution in [1.29, 1.82) is 0 Å². The zero-order valence-electron chi connectivity index (χ0n) is 33.5. The molecule has 0 aliphatic heterocycles. The topological polar surface area (TPSA) is 92.7 Å². The Bertz CT molecular complexity index is 742. The Morgan fingerprint density at radius 1 is 0.440 bits per heavy atom. The van der Waals surface area contributed by atoms with E-state index in [1.54, 1.807) is 0 Å². The van der Waals surface area contributed by atoms with Gasteiger partial charge in [0.1, 0.15) is 6.04 Å². The first-order valence-electron chi connectivity index (χ1n) is 22.2. The van der Waals surface area contributed by atoms with Crippen LogP contribution in [0.3, 0.4) is 0 Å². The fourth-order valence-electron chi connectivity index (χ4n) is 6.92. The van der Waals surface area contributed by atoms with Crippen LogP contribution in [0, 0.1) is 0 Å². The van der Waals surface area contributed by atoms with Crippen LogP contribution in [0.4, 0.5) is 0 Å². The van der Waals surface area contributed by atoms with E-state index in [1.165, 1.54) is 186 Å². The molecule has 0 saturated heterocycles. The van der Waals surface area contributed by atoms with Gasteiger partial charge in [0.05, 0.1) is 13.0 Å². The molecule has 0 aromatic heterocycles. The van der Waals surface area contributed by atoms with Gasteiger partial charge in [0, 0.05) is 6.42 Å². The van der Waals surface area contributed by atoms with Crippen molar-refractivity contribution in [2.45, 2.75) is 257 Å². The van der Waals surface area contributed by atoms with Crippen LogP contribution in [0.5, 0.6) is 0 Å². The molecule has 1 amide bonds. The van der Waals surface area contributed by atoms with E-state index in [0.29, 0.717) is 6.42 Å². The molecule has 0 fully saturated rings. The van der Waals surface area contributed by atoms with Gasteiger partial charge in [-0.1, -0.05) is 226 Å². The molecule has 0 aliphatic carbocycles. The van der Waals surface area contributed by atoms with Crippen molar-refractivity contribution in [3.8, 4) is 0 Å². The van der Waals surface area contributed by atoms with Crippen molar-refractivity contribution < 1.29 is 24.2 Å². The molecule has 2 N–H and O–H groups in total. The second-order valence-corrected chi connectivity index (χ2v) is 15.3. The summed E-state index contributed by atoms with van der Waals surface area (Å²) >= 11 is 0. The van der Waals surface area contributed by atoms with Gasteiger partial charge in [0.15, 0.2) is 0 Å². The molecule has 0 radical (unpaired) electrons. The van der Waals surface area contributed by atoms with Gasteiger partial charge in [0.2, 0.25) is 5.91 Å². The second-order valence-electron chi connectivity index (χ2n) is 15.3. The number of nitrogens with one attached hydrogen (secondary N) is 1. The van der Waals surface area contributed by atoms with Crippen LogP contribution in [0.2, 0.25) is 0 Å². The molecule has 6 heteroatoms. The van der Waals surface area contributed by atoms with E-state index >= 15 is 0 Å². The minimum Gasteiger partial charge on any atom is -0.481 e. The number of carboxylic acids is 1. The first-order valence-corrected chi connectivity index (χ1v) is 22.2. The summed E-state index contributed by atoms with van der Waals surface area (Å²) in [5.74, 6) is -2.00. The molecule has 0 saturated carbocycles. The molecule has 50 heavy (non-hydrogen) atoms. The highest BCUT2D eigenvalue weighted by molar-refractivity contribution is 5.87. The molecule has 296 valence electrons. The lowest BCUT2D eigenvalue weighted by Gasteiger charge is -2.16. The monoisotopic (exact) mass is 708 g/mol. The van der Waals surface area contributed by atoms with E-state index in [2.05, 4.69) is 19.2 Å². The van der Waals surface area contributed by atoms with Crippen LogP contribution < -0.4 is 5.32 Å². The molecule has 0 spiro atoms. The molecule has 0 aliphatic rings. The van der Waals surface area contributed by atoms with Crippen molar-refractivity contribution in [3.63, 3.8) is 0 Å². The summed E-state index contributed by atoms with van der Waals surface area (Å²) in [6, 6.07) is -1.11. The number of ether oxygens (including phenoxy) is 1. The van der Waals surface area contributed by atoms with Gasteiger partial charge >= 0.3 is 11.9 Å². The van der Waals surface area contributed by atoms with Gasteiger partial charge < -0.3 is 15.2 Å². The lowest BCUT2D eigenvalue weighted by atomic mass is 10.0. The van der Waals surface area contributed by atoms with Gasteiger partial charge in [-0.2, -0.15) is 0 Å². The normalized spacial score (nSPS) is 11.9. The van der Waals surface area contributed by atoms with Gasteiger partial charge in [-0.25, -0.2) is 4.79 Å². The molecule has 0 rings (SSSR count). The highest BCUT2D eigenvalue weighted by Crippen LogP contribution is 2.16. The largest absolute Gasteiger partial charge is 0.481 e. The molecular formula is C44H85NO5. The first kappa shape index (κ1) is 48.4. The Hall–Kier alpha value is -1.59. The minimum absolute atomic E-state index is 0.262. The van der Waals surface area contributed by atoms with Crippen molar-refractivity contribution >= 4 is 17.8 Å². The Labute approximate surface area is 310 Å². The maximum Gasteiger partial charge on any atom is 0.329 e. The fraction of sp³-hybridized carbons (Fsp3) is 0.932. The third kappa shape index (κ3) is 37.7. The zero-order valence-corrected chi connectivity index (χ0v) is 33.5. The third-order valence-electron chi connectivity index (χ3n) is 10.2. The number of hydrogen-bond acceptors (Lipinski definition) is 4. The van der Waals surface area contributed by atoms with Gasteiger partial charge in [-0.15, -0.1) is 0 Å². The average molecular weight is 708 g/mol. The Morgan fingerprint density at radius 2 is 0.720 bits per heavy atom. The zero-order chi connectivity index (χ0) is 36.6. The maximum atomic E-state index is 12.5. The smallest absolute Gasteiger partial charge is 0.329 e. The highest BCUT2D eigenvalue weighted by Gasteiger charge is 2.25. The number of aliphatic carboxylic acids is 1. The predicted octanol–water partition coefficient (Wildman–Crippen LogP) is 13.6. The quantitative estimate of drug-likeness (QED) is 0.0487. The molecule has 6 nitrogen and oxygen atoms in total. The van der Waals surface area contributed by atoms with E-state index in [-0.39, 0.29) is 12.5 Å². The molecule has 0 heterocycles. The molecule has 0 bridgehead atoms. The van der Waals surface area contributed by atoms with Crippen LogP contribution in [0.15, 0.2) is 0 Å². The molecule has 0 aromatic carbocycles. The summed E-state index contributed by atoms with van der Waals surface area (Å²) in [7, 11) is 0. The van der Waals surface area contributed by atoms with E-state index in [9.17, 15) is 19.5 Å². The molecular weight excluding hydrogens is 622 g/mol. The van der Waals surface area contributed by atoms with Crippen molar-refractivity contribution in [2.75, 3.05) is 6.61 Å². The van der Waals surface area contributed by atoms with Crippen molar-refractivity contribution in [1.82, 2.24) is 5.32 Å². The van der Waals surface area contributed by atoms with Crippen LogP contribution >= 0.6 is 0 Å². The lowest BCUT2D eigenvalue weighted by Crippen LogP contribution is -2.43. The van der Waals surface area contributed by atoms with Crippen LogP contribution in [-0.2, 0) is 19.1 Å². The number of carbonyl (C=O) groups is 3. The first-order chi connectivity index (χ1) is 24.5. The van der Waals surface area contributed by atoms with Gasteiger partial charge in [-0.3, -0.25) is 9.59 Å². The summed E-state index contributed by atoms with van der Waals surface area (Å²) in [4.78, 5) is 36.3.